The molecule has 0 saturated carbocycles. The topological polar surface area (TPSA) is 22.8 Å². The third-order valence-electron chi connectivity index (χ3n) is 3.53. The van der Waals surface area contributed by atoms with Gasteiger partial charge in [-0.05, 0) is 48.0 Å². The highest BCUT2D eigenvalue weighted by Crippen LogP contribution is 2.27. The molecule has 0 saturated heterocycles. The van der Waals surface area contributed by atoms with Crippen LogP contribution >= 0.6 is 27.5 Å². The van der Waals surface area contributed by atoms with E-state index in [0.717, 1.165) is 39.2 Å². The van der Waals surface area contributed by atoms with Crippen LogP contribution < -0.4 is 0 Å². The van der Waals surface area contributed by atoms with Gasteiger partial charge in [-0.3, -0.25) is 4.68 Å². The predicted octanol–water partition coefficient (Wildman–Crippen LogP) is 4.63. The van der Waals surface area contributed by atoms with E-state index in [1.54, 1.807) is 0 Å². The Morgan fingerprint density at radius 1 is 1.30 bits per heavy atom. The Hall–Kier alpha value is -1.26. The van der Waals surface area contributed by atoms with E-state index in [9.17, 15) is 0 Å². The molecule has 0 aliphatic carbocycles. The number of aromatic nitrogens is 3. The summed E-state index contributed by atoms with van der Waals surface area (Å²) in [6.45, 7) is 5.76. The first-order chi connectivity index (χ1) is 9.61. The van der Waals surface area contributed by atoms with Crippen molar-refractivity contribution in [2.45, 2.75) is 26.9 Å². The second kappa shape index (κ2) is 5.26. The quantitative estimate of drug-likeness (QED) is 0.674. The van der Waals surface area contributed by atoms with Crippen molar-refractivity contribution in [1.82, 2.24) is 14.3 Å². The molecule has 3 nitrogen and oxygen atoms in total. The van der Waals surface area contributed by atoms with Gasteiger partial charge in [0.2, 0.25) is 0 Å². The lowest BCUT2D eigenvalue weighted by atomic mass is 10.2. The third kappa shape index (κ3) is 2.17. The Kier molecular flexibility index (Phi) is 3.61. The number of rotatable bonds is 3. The molecule has 0 atom stereocenters. The lowest BCUT2D eigenvalue weighted by Gasteiger charge is -2.08. The van der Waals surface area contributed by atoms with Crippen molar-refractivity contribution in [3.63, 3.8) is 0 Å². The maximum atomic E-state index is 6.23. The van der Waals surface area contributed by atoms with Crippen molar-refractivity contribution < 1.29 is 0 Å². The zero-order valence-electron chi connectivity index (χ0n) is 11.4. The van der Waals surface area contributed by atoms with E-state index in [4.69, 9.17) is 11.6 Å². The summed E-state index contributed by atoms with van der Waals surface area (Å²) in [4.78, 5) is 0. The van der Waals surface area contributed by atoms with Crippen LogP contribution in [0.2, 0.25) is 5.02 Å². The summed E-state index contributed by atoms with van der Waals surface area (Å²) in [5.41, 5.74) is 3.35. The minimum Gasteiger partial charge on any atom is -0.341 e. The predicted molar refractivity (Wildman–Crippen MR) is 86.4 cm³/mol. The Morgan fingerprint density at radius 3 is 2.85 bits per heavy atom. The van der Waals surface area contributed by atoms with Gasteiger partial charge < -0.3 is 4.57 Å². The molecule has 3 aromatic rings. The number of hydrogen-bond donors (Lipinski definition) is 0. The molecule has 3 rings (SSSR count). The number of benzene rings is 1. The van der Waals surface area contributed by atoms with Crippen LogP contribution in [0.3, 0.4) is 0 Å². The zero-order chi connectivity index (χ0) is 14.3. The standard InChI is InChI=1S/C15H15BrClN3/c1-3-20-14(15(16)10(2)18-20)9-19-8-7-11-12(17)5-4-6-13(11)19/h4-8H,3,9H2,1-2H3. The first-order valence-corrected chi connectivity index (χ1v) is 7.74. The van der Waals surface area contributed by atoms with Crippen LogP contribution in [0.5, 0.6) is 0 Å². The molecule has 0 aliphatic rings. The summed E-state index contributed by atoms with van der Waals surface area (Å²) < 4.78 is 5.33. The van der Waals surface area contributed by atoms with Gasteiger partial charge in [-0.15, -0.1) is 0 Å². The van der Waals surface area contributed by atoms with E-state index in [1.807, 2.05) is 23.7 Å². The number of hydrogen-bond acceptors (Lipinski definition) is 1. The highest BCUT2D eigenvalue weighted by atomic mass is 79.9. The molecule has 2 aromatic heterocycles. The molecule has 0 aliphatic heterocycles. The number of nitrogens with zero attached hydrogens (tertiary/aromatic N) is 3. The maximum Gasteiger partial charge on any atom is 0.0739 e. The lowest BCUT2D eigenvalue weighted by Crippen LogP contribution is -2.07. The van der Waals surface area contributed by atoms with E-state index in [0.29, 0.717) is 0 Å². The fourth-order valence-electron chi connectivity index (χ4n) is 2.51. The van der Waals surface area contributed by atoms with E-state index in [1.165, 1.54) is 5.69 Å². The first-order valence-electron chi connectivity index (χ1n) is 6.57. The molecule has 20 heavy (non-hydrogen) atoms. The van der Waals surface area contributed by atoms with Gasteiger partial charge in [0.15, 0.2) is 0 Å². The first kappa shape index (κ1) is 13.7. The highest BCUT2D eigenvalue weighted by molar-refractivity contribution is 9.10. The molecule has 0 radical (unpaired) electrons. The summed E-state index contributed by atoms with van der Waals surface area (Å²) in [5.74, 6) is 0. The summed E-state index contributed by atoms with van der Waals surface area (Å²) in [6.07, 6.45) is 2.07. The summed E-state index contributed by atoms with van der Waals surface area (Å²) >= 11 is 9.87. The van der Waals surface area contributed by atoms with Crippen molar-refractivity contribution in [3.8, 4) is 0 Å². The number of aryl methyl sites for hydroxylation is 2. The van der Waals surface area contributed by atoms with E-state index >= 15 is 0 Å². The molecule has 0 N–H and O–H groups in total. The average molecular weight is 353 g/mol. The molecule has 0 amide bonds. The van der Waals surface area contributed by atoms with Crippen LogP contribution in [0.15, 0.2) is 34.9 Å². The summed E-state index contributed by atoms with van der Waals surface area (Å²) in [7, 11) is 0. The molecular formula is C15H15BrClN3. The van der Waals surface area contributed by atoms with Gasteiger partial charge in [0.1, 0.15) is 0 Å². The van der Waals surface area contributed by atoms with Crippen molar-refractivity contribution in [2.24, 2.45) is 0 Å². The number of halogens is 2. The molecule has 2 heterocycles. The highest BCUT2D eigenvalue weighted by Gasteiger charge is 2.13. The summed E-state index contributed by atoms with van der Waals surface area (Å²) in [6, 6.07) is 8.06. The Labute approximate surface area is 131 Å². The Bertz CT molecular complexity index is 773. The average Bonchev–Trinajstić information content (AvgIpc) is 2.96. The molecule has 0 fully saturated rings. The van der Waals surface area contributed by atoms with Gasteiger partial charge in [-0.2, -0.15) is 5.10 Å². The smallest absolute Gasteiger partial charge is 0.0739 e. The molecule has 0 unspecified atom stereocenters. The minimum absolute atomic E-state index is 0.777. The molecule has 1 aromatic carbocycles. The zero-order valence-corrected chi connectivity index (χ0v) is 13.7. The fraction of sp³-hybridized carbons (Fsp3) is 0.267. The molecule has 104 valence electrons. The summed E-state index contributed by atoms with van der Waals surface area (Å²) in [5, 5.41) is 6.42. The normalized spacial score (nSPS) is 11.4. The minimum atomic E-state index is 0.777. The van der Waals surface area contributed by atoms with Gasteiger partial charge in [-0.1, -0.05) is 17.7 Å². The molecule has 0 bridgehead atoms. The van der Waals surface area contributed by atoms with Crippen molar-refractivity contribution >= 4 is 38.4 Å². The van der Waals surface area contributed by atoms with Crippen LogP contribution in [0, 0.1) is 6.92 Å². The van der Waals surface area contributed by atoms with Crippen LogP contribution in [0.4, 0.5) is 0 Å². The van der Waals surface area contributed by atoms with E-state index in [2.05, 4.69) is 50.8 Å². The monoisotopic (exact) mass is 351 g/mol. The lowest BCUT2D eigenvalue weighted by molar-refractivity contribution is 0.601. The van der Waals surface area contributed by atoms with Crippen LogP contribution in [0.1, 0.15) is 18.3 Å². The third-order valence-corrected chi connectivity index (χ3v) is 4.89. The van der Waals surface area contributed by atoms with Crippen LogP contribution in [-0.4, -0.2) is 14.3 Å². The van der Waals surface area contributed by atoms with Gasteiger partial charge in [0.05, 0.1) is 22.4 Å². The van der Waals surface area contributed by atoms with Crippen molar-refractivity contribution in [2.75, 3.05) is 0 Å². The SMILES string of the molecule is CCn1nc(C)c(Br)c1Cn1ccc2c(Cl)cccc21. The fourth-order valence-corrected chi connectivity index (χ4v) is 3.15. The largest absolute Gasteiger partial charge is 0.341 e. The van der Waals surface area contributed by atoms with E-state index in [-0.39, 0.29) is 0 Å². The second-order valence-electron chi connectivity index (χ2n) is 4.78. The van der Waals surface area contributed by atoms with Gasteiger partial charge in [0.25, 0.3) is 0 Å². The van der Waals surface area contributed by atoms with Crippen molar-refractivity contribution in [1.29, 1.82) is 0 Å². The van der Waals surface area contributed by atoms with Gasteiger partial charge in [0, 0.05) is 28.7 Å². The van der Waals surface area contributed by atoms with Gasteiger partial charge in [-0.25, -0.2) is 0 Å². The van der Waals surface area contributed by atoms with Crippen molar-refractivity contribution in [3.05, 3.63) is 51.3 Å². The molecule has 0 spiro atoms. The van der Waals surface area contributed by atoms with E-state index < -0.39 is 0 Å². The van der Waals surface area contributed by atoms with Gasteiger partial charge >= 0.3 is 0 Å². The second-order valence-corrected chi connectivity index (χ2v) is 5.98. The molecule has 5 heteroatoms. The number of fused-ring (bicyclic) bond motifs is 1. The molecular weight excluding hydrogens is 338 g/mol. The maximum absolute atomic E-state index is 6.23. The van der Waals surface area contributed by atoms with Crippen LogP contribution in [0.25, 0.3) is 10.9 Å². The Balaban J connectivity index is 2.08. The Morgan fingerprint density at radius 2 is 2.10 bits per heavy atom. The van der Waals surface area contributed by atoms with Crippen LogP contribution in [-0.2, 0) is 13.1 Å².